The van der Waals surface area contributed by atoms with Crippen LogP contribution >= 0.6 is 11.6 Å². The third-order valence-electron chi connectivity index (χ3n) is 5.69. The number of rotatable bonds is 3. The molecule has 4 rings (SSSR count). The van der Waals surface area contributed by atoms with E-state index in [1.165, 1.54) is 38.6 Å². The molecule has 2 N–H and O–H groups in total. The molecular weight excluding hydrogens is 492 g/mol. The molecule has 0 bridgehead atoms. The molecule has 198 valence electrons. The summed E-state index contributed by atoms with van der Waals surface area (Å²) in [5.41, 5.74) is 7.00. The summed E-state index contributed by atoms with van der Waals surface area (Å²) < 4.78 is 0. The van der Waals surface area contributed by atoms with Crippen LogP contribution in [-0.2, 0) is 11.2 Å². The number of aryl methyl sites for hydroxylation is 1. The molecule has 0 fully saturated rings. The Hall–Kier alpha value is -3.58. The Bertz CT molecular complexity index is 1380. The molecule has 4 aromatic rings. The van der Waals surface area contributed by atoms with E-state index in [9.17, 15) is 0 Å². The van der Waals surface area contributed by atoms with Crippen molar-refractivity contribution in [3.05, 3.63) is 106 Å². The fraction of sp³-hybridized carbons (Fsp3) is 0.265. The standard InChI is InChI=1S/C29H25Cl.C4H10O.CH2O2/c1-4-27-21(3)18-25-13-12-22(11-10-20(2)23-8-6-5-7-9-23)19-28(25)29(27)24-14-16-26(30)17-15-24;1-4(2,3)5;2-1-3/h5-9,12-20H,4H2,1-3H3;5H,1-3H3;1H,(H,2,3). The van der Waals surface area contributed by atoms with E-state index in [1.54, 1.807) is 20.8 Å². The highest BCUT2D eigenvalue weighted by molar-refractivity contribution is 6.30. The molecule has 0 aliphatic rings. The predicted octanol–water partition coefficient (Wildman–Crippen LogP) is 8.66. The number of fused-ring (bicyclic) bond motifs is 1. The van der Waals surface area contributed by atoms with Gasteiger partial charge in [-0.1, -0.05) is 85.0 Å². The van der Waals surface area contributed by atoms with Crippen molar-refractivity contribution in [1.82, 2.24) is 0 Å². The molecule has 0 heterocycles. The number of hydrogen-bond acceptors (Lipinski definition) is 2. The Balaban J connectivity index is 0.000000559. The fourth-order valence-electron chi connectivity index (χ4n) is 4.08. The lowest BCUT2D eigenvalue weighted by Gasteiger charge is -2.16. The summed E-state index contributed by atoms with van der Waals surface area (Å²) in [5.74, 6) is 7.02. The van der Waals surface area contributed by atoms with Gasteiger partial charge in [-0.25, -0.2) is 0 Å². The van der Waals surface area contributed by atoms with Crippen molar-refractivity contribution < 1.29 is 15.0 Å². The highest BCUT2D eigenvalue weighted by Crippen LogP contribution is 2.36. The summed E-state index contributed by atoms with van der Waals surface area (Å²) in [6.45, 7) is 11.6. The van der Waals surface area contributed by atoms with Crippen molar-refractivity contribution in [1.29, 1.82) is 0 Å². The van der Waals surface area contributed by atoms with E-state index in [2.05, 4.69) is 93.3 Å². The van der Waals surface area contributed by atoms with Gasteiger partial charge >= 0.3 is 0 Å². The van der Waals surface area contributed by atoms with Crippen molar-refractivity contribution in [3.8, 4) is 23.0 Å². The third-order valence-corrected chi connectivity index (χ3v) is 5.94. The van der Waals surface area contributed by atoms with Crippen LogP contribution in [0.15, 0.2) is 78.9 Å². The summed E-state index contributed by atoms with van der Waals surface area (Å²) in [5, 5.41) is 18.7. The first-order valence-corrected chi connectivity index (χ1v) is 13.0. The van der Waals surface area contributed by atoms with Crippen molar-refractivity contribution in [3.63, 3.8) is 0 Å². The van der Waals surface area contributed by atoms with Gasteiger partial charge in [0.05, 0.1) is 5.60 Å². The second kappa shape index (κ2) is 14.4. The van der Waals surface area contributed by atoms with Gasteiger partial charge < -0.3 is 10.2 Å². The summed E-state index contributed by atoms with van der Waals surface area (Å²) in [4.78, 5) is 8.36. The number of benzene rings is 4. The lowest BCUT2D eigenvalue weighted by Crippen LogP contribution is -2.10. The molecule has 3 nitrogen and oxygen atoms in total. The largest absolute Gasteiger partial charge is 0.483 e. The van der Waals surface area contributed by atoms with Crippen molar-refractivity contribution in [2.24, 2.45) is 0 Å². The summed E-state index contributed by atoms with van der Waals surface area (Å²) in [6, 6.07) is 27.5. The Kier molecular flexibility index (Phi) is 11.6. The van der Waals surface area contributed by atoms with Gasteiger partial charge in [-0.15, -0.1) is 0 Å². The van der Waals surface area contributed by atoms with Crippen molar-refractivity contribution >= 4 is 28.8 Å². The number of carboxylic acid groups (broad SMARTS) is 1. The molecule has 1 atom stereocenters. The van der Waals surface area contributed by atoms with Crippen LogP contribution < -0.4 is 0 Å². The lowest BCUT2D eigenvalue weighted by atomic mass is 9.88. The van der Waals surface area contributed by atoms with E-state index in [-0.39, 0.29) is 12.4 Å². The first kappa shape index (κ1) is 30.6. The Morgan fingerprint density at radius 1 is 0.974 bits per heavy atom. The monoisotopic (exact) mass is 528 g/mol. The van der Waals surface area contributed by atoms with E-state index in [0.717, 1.165) is 17.0 Å². The van der Waals surface area contributed by atoms with E-state index in [4.69, 9.17) is 26.6 Å². The third kappa shape index (κ3) is 9.38. The zero-order chi connectivity index (χ0) is 28.3. The van der Waals surface area contributed by atoms with Gasteiger partial charge in [0.25, 0.3) is 6.47 Å². The van der Waals surface area contributed by atoms with Crippen LogP contribution in [0.2, 0.25) is 5.02 Å². The highest BCUT2D eigenvalue weighted by atomic mass is 35.5. The molecule has 0 amide bonds. The smallest absolute Gasteiger partial charge is 0.290 e. The number of carbonyl (C=O) groups is 1. The minimum atomic E-state index is -0.500. The van der Waals surface area contributed by atoms with Crippen LogP contribution in [0.1, 0.15) is 62.8 Å². The molecule has 0 spiro atoms. The van der Waals surface area contributed by atoms with E-state index in [0.29, 0.717) is 0 Å². The SMILES string of the molecule is CC(C)(C)O.CCc1c(C)cc2ccc(C#CC(C)c3ccccc3)cc2c1-c1ccc(Cl)cc1.O=CO. The topological polar surface area (TPSA) is 57.5 Å². The molecular formula is C34H37ClO3. The van der Waals surface area contributed by atoms with E-state index < -0.39 is 5.60 Å². The number of hydrogen-bond donors (Lipinski definition) is 2. The predicted molar refractivity (Wildman–Crippen MR) is 161 cm³/mol. The molecule has 0 aliphatic heterocycles. The van der Waals surface area contributed by atoms with E-state index in [1.807, 2.05) is 18.2 Å². The van der Waals surface area contributed by atoms with Crippen molar-refractivity contribution in [2.75, 3.05) is 0 Å². The number of aliphatic hydroxyl groups is 1. The maximum atomic E-state index is 8.52. The maximum Gasteiger partial charge on any atom is 0.290 e. The second-order valence-corrected chi connectivity index (χ2v) is 10.5. The van der Waals surface area contributed by atoms with Gasteiger partial charge in [-0.3, -0.25) is 4.79 Å². The second-order valence-electron chi connectivity index (χ2n) is 10.0. The molecule has 0 saturated heterocycles. The lowest BCUT2D eigenvalue weighted by molar-refractivity contribution is -0.122. The molecule has 38 heavy (non-hydrogen) atoms. The van der Waals surface area contributed by atoms with Crippen LogP contribution in [0, 0.1) is 18.8 Å². The molecule has 0 aliphatic carbocycles. The maximum absolute atomic E-state index is 8.52. The van der Waals surface area contributed by atoms with Crippen molar-refractivity contribution in [2.45, 2.75) is 59.5 Å². The van der Waals surface area contributed by atoms with Crippen LogP contribution in [0.25, 0.3) is 21.9 Å². The minimum Gasteiger partial charge on any atom is -0.483 e. The van der Waals surface area contributed by atoms with Gasteiger partial charge in [0.15, 0.2) is 0 Å². The molecule has 0 saturated carbocycles. The van der Waals surface area contributed by atoms with Gasteiger partial charge in [-0.2, -0.15) is 0 Å². The normalized spacial score (nSPS) is 11.2. The molecule has 1 unspecified atom stereocenters. The van der Waals surface area contributed by atoms with Gasteiger partial charge in [-0.05, 0) is 104 Å². The van der Waals surface area contributed by atoms with Crippen LogP contribution in [0.5, 0.6) is 0 Å². The molecule has 0 radical (unpaired) electrons. The average molecular weight is 529 g/mol. The highest BCUT2D eigenvalue weighted by Gasteiger charge is 2.13. The summed E-state index contributed by atoms with van der Waals surface area (Å²) in [6.07, 6.45) is 0.987. The van der Waals surface area contributed by atoms with Gasteiger partial charge in [0, 0.05) is 16.5 Å². The summed E-state index contributed by atoms with van der Waals surface area (Å²) in [7, 11) is 0. The van der Waals surface area contributed by atoms with E-state index >= 15 is 0 Å². The zero-order valence-corrected chi connectivity index (χ0v) is 23.8. The quantitative estimate of drug-likeness (QED) is 0.206. The van der Waals surface area contributed by atoms with Gasteiger partial charge in [0.1, 0.15) is 0 Å². The first-order valence-electron chi connectivity index (χ1n) is 12.7. The minimum absolute atomic E-state index is 0.196. The molecule has 0 aromatic heterocycles. The number of halogens is 1. The van der Waals surface area contributed by atoms with Crippen LogP contribution in [0.4, 0.5) is 0 Å². The fourth-order valence-corrected chi connectivity index (χ4v) is 4.20. The Labute approximate surface area is 232 Å². The van der Waals surface area contributed by atoms with Crippen LogP contribution in [0.3, 0.4) is 0 Å². The average Bonchev–Trinajstić information content (AvgIpc) is 2.87. The van der Waals surface area contributed by atoms with Crippen LogP contribution in [-0.4, -0.2) is 22.3 Å². The summed E-state index contributed by atoms with van der Waals surface area (Å²) >= 11 is 6.15. The Morgan fingerprint density at radius 3 is 2.11 bits per heavy atom. The Morgan fingerprint density at radius 2 is 1.55 bits per heavy atom. The first-order chi connectivity index (χ1) is 18.0. The van der Waals surface area contributed by atoms with Gasteiger partial charge in [0.2, 0.25) is 0 Å². The molecule has 4 heteroatoms. The zero-order valence-electron chi connectivity index (χ0n) is 23.0. The molecule has 4 aromatic carbocycles.